The van der Waals surface area contributed by atoms with E-state index in [2.05, 4.69) is 9.80 Å². The van der Waals surface area contributed by atoms with Crippen molar-refractivity contribution in [2.45, 2.75) is 44.9 Å². The van der Waals surface area contributed by atoms with E-state index in [1.54, 1.807) is 0 Å². The summed E-state index contributed by atoms with van der Waals surface area (Å²) in [5, 5.41) is 0. The topological polar surface area (TPSA) is 58.8 Å². The molecule has 5 nitrogen and oxygen atoms in total. The zero-order valence-electron chi connectivity index (χ0n) is 14.5. The molecule has 0 aromatic rings. The summed E-state index contributed by atoms with van der Waals surface area (Å²) >= 11 is 0. The predicted octanol–water partition coefficient (Wildman–Crippen LogP) is 1.47. The lowest BCUT2D eigenvalue weighted by atomic mass is 9.71. The minimum absolute atomic E-state index is 0.0949. The molecule has 1 saturated carbocycles. The lowest BCUT2D eigenvalue weighted by Crippen LogP contribution is -2.41. The van der Waals surface area contributed by atoms with E-state index in [4.69, 9.17) is 10.5 Å². The van der Waals surface area contributed by atoms with Crippen molar-refractivity contribution in [2.75, 3.05) is 52.5 Å². The minimum atomic E-state index is 0.0949. The highest BCUT2D eigenvalue weighted by atomic mass is 16.5. The van der Waals surface area contributed by atoms with Crippen LogP contribution in [0.5, 0.6) is 0 Å². The zero-order valence-corrected chi connectivity index (χ0v) is 14.5. The van der Waals surface area contributed by atoms with Crippen LogP contribution in [0, 0.1) is 11.3 Å². The maximum absolute atomic E-state index is 12.8. The molecule has 2 aliphatic heterocycles. The van der Waals surface area contributed by atoms with E-state index in [0.29, 0.717) is 24.8 Å². The van der Waals surface area contributed by atoms with Gasteiger partial charge in [-0.15, -0.1) is 0 Å². The van der Waals surface area contributed by atoms with Crippen molar-refractivity contribution in [1.82, 2.24) is 9.80 Å². The zero-order chi connectivity index (χ0) is 16.1. The average molecular weight is 323 g/mol. The number of hydrogen-bond donors (Lipinski definition) is 1. The number of ether oxygens (including phenoxy) is 1. The van der Waals surface area contributed by atoms with Crippen LogP contribution in [0.15, 0.2) is 0 Å². The molecule has 1 aliphatic carbocycles. The van der Waals surface area contributed by atoms with Crippen LogP contribution in [0.1, 0.15) is 44.9 Å². The van der Waals surface area contributed by atoms with Crippen LogP contribution in [0.2, 0.25) is 0 Å². The highest BCUT2D eigenvalue weighted by Crippen LogP contribution is 2.39. The van der Waals surface area contributed by atoms with Crippen molar-refractivity contribution in [3.05, 3.63) is 0 Å². The Morgan fingerprint density at radius 1 is 1.13 bits per heavy atom. The Labute approximate surface area is 140 Å². The number of amides is 1. The van der Waals surface area contributed by atoms with Crippen molar-refractivity contribution < 1.29 is 9.53 Å². The third kappa shape index (κ3) is 4.46. The number of hydrogen-bond acceptors (Lipinski definition) is 4. The highest BCUT2D eigenvalue weighted by molar-refractivity contribution is 5.77. The van der Waals surface area contributed by atoms with Crippen molar-refractivity contribution >= 4 is 5.91 Å². The standard InChI is InChI=1S/C18H33N3O2/c19-15-18(5-2-1-3-6-18)12-17(22)21-7-4-16(14-21)13-20-8-10-23-11-9-20/h16H,1-15,19H2. The average Bonchev–Trinajstić information content (AvgIpc) is 3.05. The van der Waals surface area contributed by atoms with E-state index < -0.39 is 0 Å². The molecule has 3 aliphatic rings. The molecule has 1 unspecified atom stereocenters. The van der Waals surface area contributed by atoms with Crippen molar-refractivity contribution in [1.29, 1.82) is 0 Å². The molecule has 2 heterocycles. The van der Waals surface area contributed by atoms with Gasteiger partial charge in [0.1, 0.15) is 0 Å². The SMILES string of the molecule is NCC1(CC(=O)N2CCC(CN3CCOCC3)C2)CCCCC1. The summed E-state index contributed by atoms with van der Waals surface area (Å²) in [6.45, 7) is 7.47. The van der Waals surface area contributed by atoms with E-state index >= 15 is 0 Å². The largest absolute Gasteiger partial charge is 0.379 e. The van der Waals surface area contributed by atoms with Gasteiger partial charge >= 0.3 is 0 Å². The first kappa shape index (κ1) is 17.2. The number of rotatable bonds is 5. The fraction of sp³-hybridized carbons (Fsp3) is 0.944. The molecule has 3 rings (SSSR count). The fourth-order valence-electron chi connectivity index (χ4n) is 4.54. The maximum Gasteiger partial charge on any atom is 0.223 e. The van der Waals surface area contributed by atoms with Crippen LogP contribution in [-0.2, 0) is 9.53 Å². The molecule has 132 valence electrons. The van der Waals surface area contributed by atoms with Gasteiger partial charge in [0.15, 0.2) is 0 Å². The molecule has 0 aromatic carbocycles. The third-order valence-corrected chi connectivity index (χ3v) is 6.13. The molecule has 0 bridgehead atoms. The van der Waals surface area contributed by atoms with Gasteiger partial charge in [-0.2, -0.15) is 0 Å². The van der Waals surface area contributed by atoms with Crippen LogP contribution in [0.4, 0.5) is 0 Å². The molecule has 23 heavy (non-hydrogen) atoms. The summed E-state index contributed by atoms with van der Waals surface area (Å²) in [7, 11) is 0. The van der Waals surface area contributed by atoms with E-state index in [0.717, 1.165) is 65.2 Å². The summed E-state index contributed by atoms with van der Waals surface area (Å²) in [4.78, 5) is 17.4. The lowest BCUT2D eigenvalue weighted by Gasteiger charge is -2.36. The maximum atomic E-state index is 12.8. The van der Waals surface area contributed by atoms with Crippen LogP contribution >= 0.6 is 0 Å². The molecule has 3 fully saturated rings. The molecule has 1 atom stereocenters. The molecule has 2 N–H and O–H groups in total. The van der Waals surface area contributed by atoms with E-state index in [1.165, 1.54) is 19.3 Å². The number of carbonyl (C=O) groups excluding carboxylic acids is 1. The van der Waals surface area contributed by atoms with Crippen LogP contribution < -0.4 is 5.73 Å². The van der Waals surface area contributed by atoms with Crippen molar-refractivity contribution in [3.63, 3.8) is 0 Å². The molecule has 0 aromatic heterocycles. The lowest BCUT2D eigenvalue weighted by molar-refractivity contribution is -0.133. The summed E-state index contributed by atoms with van der Waals surface area (Å²) in [5.41, 5.74) is 6.14. The van der Waals surface area contributed by atoms with Gasteiger partial charge in [-0.25, -0.2) is 0 Å². The monoisotopic (exact) mass is 323 g/mol. The van der Waals surface area contributed by atoms with E-state index in [9.17, 15) is 4.79 Å². The minimum Gasteiger partial charge on any atom is -0.379 e. The Bertz CT molecular complexity index is 390. The highest BCUT2D eigenvalue weighted by Gasteiger charge is 2.36. The van der Waals surface area contributed by atoms with E-state index in [1.807, 2.05) is 0 Å². The Hall–Kier alpha value is -0.650. The first-order valence-corrected chi connectivity index (χ1v) is 9.49. The number of nitrogens with two attached hydrogens (primary N) is 1. The van der Waals surface area contributed by atoms with Gasteiger partial charge in [-0.05, 0) is 37.1 Å². The molecular weight excluding hydrogens is 290 g/mol. The number of nitrogens with zero attached hydrogens (tertiary/aromatic N) is 2. The Morgan fingerprint density at radius 3 is 2.57 bits per heavy atom. The number of carbonyl (C=O) groups is 1. The molecule has 2 saturated heterocycles. The second kappa shape index (κ2) is 7.95. The van der Waals surface area contributed by atoms with Crippen LogP contribution in [0.25, 0.3) is 0 Å². The molecule has 0 radical (unpaired) electrons. The van der Waals surface area contributed by atoms with Crippen LogP contribution in [-0.4, -0.2) is 68.2 Å². The van der Waals surface area contributed by atoms with Gasteiger partial charge < -0.3 is 15.4 Å². The van der Waals surface area contributed by atoms with E-state index in [-0.39, 0.29) is 5.41 Å². The summed E-state index contributed by atoms with van der Waals surface area (Å²) < 4.78 is 5.41. The second-order valence-electron chi connectivity index (χ2n) is 7.85. The Balaban J connectivity index is 1.46. The smallest absolute Gasteiger partial charge is 0.223 e. The normalized spacial score (nSPS) is 28.9. The van der Waals surface area contributed by atoms with Gasteiger partial charge in [0.2, 0.25) is 5.91 Å². The summed E-state index contributed by atoms with van der Waals surface area (Å²) in [6.07, 6.45) is 7.89. The van der Waals surface area contributed by atoms with Gasteiger partial charge in [-0.1, -0.05) is 19.3 Å². The molecule has 5 heteroatoms. The van der Waals surface area contributed by atoms with Gasteiger partial charge in [0.05, 0.1) is 13.2 Å². The predicted molar refractivity (Wildman–Crippen MR) is 91.1 cm³/mol. The fourth-order valence-corrected chi connectivity index (χ4v) is 4.54. The van der Waals surface area contributed by atoms with Gasteiger partial charge in [-0.3, -0.25) is 9.69 Å². The summed E-state index contributed by atoms with van der Waals surface area (Å²) in [6, 6.07) is 0. The first-order chi connectivity index (χ1) is 11.2. The molecule has 0 spiro atoms. The molecule has 1 amide bonds. The Kier molecular flexibility index (Phi) is 5.94. The summed E-state index contributed by atoms with van der Waals surface area (Å²) in [5.74, 6) is 0.985. The third-order valence-electron chi connectivity index (χ3n) is 6.13. The van der Waals surface area contributed by atoms with Gasteiger partial charge in [0.25, 0.3) is 0 Å². The van der Waals surface area contributed by atoms with Gasteiger partial charge in [0, 0.05) is 39.1 Å². The second-order valence-corrected chi connectivity index (χ2v) is 7.85. The Morgan fingerprint density at radius 2 is 1.87 bits per heavy atom. The van der Waals surface area contributed by atoms with Crippen molar-refractivity contribution in [3.8, 4) is 0 Å². The number of likely N-dealkylation sites (tertiary alicyclic amines) is 1. The quantitative estimate of drug-likeness (QED) is 0.832. The molecular formula is C18H33N3O2. The first-order valence-electron chi connectivity index (χ1n) is 9.49. The van der Waals surface area contributed by atoms with Crippen LogP contribution in [0.3, 0.4) is 0 Å². The number of morpholine rings is 1. The van der Waals surface area contributed by atoms with Crippen molar-refractivity contribution in [2.24, 2.45) is 17.1 Å².